The van der Waals surface area contributed by atoms with Gasteiger partial charge in [-0.15, -0.1) is 0 Å². The molecule has 1 saturated carbocycles. The van der Waals surface area contributed by atoms with Crippen LogP contribution in [0, 0.1) is 9.49 Å². The summed E-state index contributed by atoms with van der Waals surface area (Å²) >= 11 is 2.19. The van der Waals surface area contributed by atoms with E-state index in [1.165, 1.54) is 12.8 Å². The summed E-state index contributed by atoms with van der Waals surface area (Å²) in [5, 5.41) is 0. The number of rotatable bonds is 2. The molecule has 70 valence electrons. The first-order valence-electron chi connectivity index (χ1n) is 4.37. The van der Waals surface area contributed by atoms with Gasteiger partial charge < -0.3 is 11.5 Å². The number of hydrogen-bond donors (Lipinski definition) is 2. The van der Waals surface area contributed by atoms with Gasteiger partial charge in [-0.3, -0.25) is 0 Å². The molecule has 0 atom stereocenters. The molecule has 1 aliphatic rings. The molecule has 2 rings (SSSR count). The fourth-order valence-electron chi connectivity index (χ4n) is 1.38. The zero-order valence-electron chi connectivity index (χ0n) is 7.26. The SMILES string of the molecule is Nc1ncc(I)c(N)c1CC1CC1. The van der Waals surface area contributed by atoms with Crippen molar-refractivity contribution < 1.29 is 0 Å². The summed E-state index contributed by atoms with van der Waals surface area (Å²) in [5.74, 6) is 1.40. The molecule has 1 aromatic heterocycles. The fourth-order valence-corrected chi connectivity index (χ4v) is 1.85. The summed E-state index contributed by atoms with van der Waals surface area (Å²) in [6.07, 6.45) is 5.35. The summed E-state index contributed by atoms with van der Waals surface area (Å²) in [6, 6.07) is 0. The molecule has 1 aliphatic carbocycles. The minimum atomic E-state index is 0.602. The van der Waals surface area contributed by atoms with Crippen LogP contribution >= 0.6 is 22.6 Å². The van der Waals surface area contributed by atoms with Gasteiger partial charge in [-0.1, -0.05) is 0 Å². The van der Waals surface area contributed by atoms with E-state index in [1.807, 2.05) is 0 Å². The normalized spacial score (nSPS) is 16.1. The van der Waals surface area contributed by atoms with E-state index in [1.54, 1.807) is 6.20 Å². The molecule has 0 spiro atoms. The Hall–Kier alpha value is -0.520. The summed E-state index contributed by atoms with van der Waals surface area (Å²) in [4.78, 5) is 4.11. The number of pyridine rings is 1. The van der Waals surface area contributed by atoms with E-state index in [4.69, 9.17) is 11.5 Å². The van der Waals surface area contributed by atoms with Gasteiger partial charge in [0.1, 0.15) is 5.82 Å². The van der Waals surface area contributed by atoms with Crippen LogP contribution in [-0.2, 0) is 6.42 Å². The predicted octanol–water partition coefficient (Wildman–Crippen LogP) is 1.80. The molecule has 4 N–H and O–H groups in total. The number of halogens is 1. The van der Waals surface area contributed by atoms with E-state index in [0.29, 0.717) is 5.82 Å². The van der Waals surface area contributed by atoms with Crippen LogP contribution in [0.25, 0.3) is 0 Å². The number of anilines is 2. The Bertz CT molecular complexity index is 334. The molecule has 0 amide bonds. The van der Waals surface area contributed by atoms with Crippen LogP contribution in [0.5, 0.6) is 0 Å². The highest BCUT2D eigenvalue weighted by atomic mass is 127. The van der Waals surface area contributed by atoms with E-state index >= 15 is 0 Å². The third-order valence-electron chi connectivity index (χ3n) is 2.40. The molecule has 1 fully saturated rings. The molecule has 1 heterocycles. The molecule has 0 bridgehead atoms. The molecule has 13 heavy (non-hydrogen) atoms. The zero-order valence-corrected chi connectivity index (χ0v) is 9.41. The van der Waals surface area contributed by atoms with E-state index in [2.05, 4.69) is 27.6 Å². The highest BCUT2D eigenvalue weighted by molar-refractivity contribution is 14.1. The highest BCUT2D eigenvalue weighted by Crippen LogP contribution is 2.36. The first kappa shape index (κ1) is 9.05. The summed E-state index contributed by atoms with van der Waals surface area (Å²) in [7, 11) is 0. The third kappa shape index (κ3) is 1.87. The van der Waals surface area contributed by atoms with Crippen molar-refractivity contribution in [1.82, 2.24) is 4.98 Å². The lowest BCUT2D eigenvalue weighted by Crippen LogP contribution is -2.05. The molecule has 1 aromatic rings. The van der Waals surface area contributed by atoms with Gasteiger partial charge in [0.2, 0.25) is 0 Å². The molecule has 0 aliphatic heterocycles. The topological polar surface area (TPSA) is 64.9 Å². The third-order valence-corrected chi connectivity index (χ3v) is 3.26. The van der Waals surface area contributed by atoms with Gasteiger partial charge in [-0.2, -0.15) is 0 Å². The van der Waals surface area contributed by atoms with Crippen LogP contribution in [0.15, 0.2) is 6.20 Å². The maximum Gasteiger partial charge on any atom is 0.128 e. The summed E-state index contributed by atoms with van der Waals surface area (Å²) in [5.41, 5.74) is 13.6. The smallest absolute Gasteiger partial charge is 0.128 e. The van der Waals surface area contributed by atoms with Gasteiger partial charge in [-0.05, 0) is 47.8 Å². The van der Waals surface area contributed by atoms with E-state index in [-0.39, 0.29) is 0 Å². The quantitative estimate of drug-likeness (QED) is 0.816. The van der Waals surface area contributed by atoms with Crippen molar-refractivity contribution in [2.24, 2.45) is 5.92 Å². The Morgan fingerprint density at radius 2 is 2.15 bits per heavy atom. The molecule has 0 saturated heterocycles. The monoisotopic (exact) mass is 289 g/mol. The Kier molecular flexibility index (Phi) is 2.31. The van der Waals surface area contributed by atoms with Gasteiger partial charge in [0.05, 0.1) is 9.26 Å². The minimum Gasteiger partial charge on any atom is -0.397 e. The van der Waals surface area contributed by atoms with Crippen molar-refractivity contribution in [1.29, 1.82) is 0 Å². The maximum absolute atomic E-state index is 5.93. The summed E-state index contributed by atoms with van der Waals surface area (Å²) in [6.45, 7) is 0. The van der Waals surface area contributed by atoms with Crippen molar-refractivity contribution in [2.45, 2.75) is 19.3 Å². The molecule has 0 unspecified atom stereocenters. The predicted molar refractivity (Wildman–Crippen MR) is 62.2 cm³/mol. The number of aromatic nitrogens is 1. The standard InChI is InChI=1S/C9H12IN3/c10-7-4-13-9(12)6(8(7)11)3-5-1-2-5/h4-5H,1-3H2,(H4,11,12,13). The van der Waals surface area contributed by atoms with Gasteiger partial charge >= 0.3 is 0 Å². The van der Waals surface area contributed by atoms with Gasteiger partial charge in [0.15, 0.2) is 0 Å². The van der Waals surface area contributed by atoms with Crippen LogP contribution in [0.3, 0.4) is 0 Å². The molecular formula is C9H12IN3. The second-order valence-corrected chi connectivity index (χ2v) is 4.69. The van der Waals surface area contributed by atoms with Crippen LogP contribution in [0.4, 0.5) is 11.5 Å². The van der Waals surface area contributed by atoms with Crippen molar-refractivity contribution >= 4 is 34.1 Å². The zero-order chi connectivity index (χ0) is 9.42. The number of nitrogen functional groups attached to an aromatic ring is 2. The fraction of sp³-hybridized carbons (Fsp3) is 0.444. The van der Waals surface area contributed by atoms with Crippen molar-refractivity contribution in [3.63, 3.8) is 0 Å². The second kappa shape index (κ2) is 3.32. The Balaban J connectivity index is 2.34. The first-order valence-corrected chi connectivity index (χ1v) is 5.44. The molecule has 0 aromatic carbocycles. The van der Waals surface area contributed by atoms with Gasteiger partial charge in [0, 0.05) is 11.8 Å². The molecule has 3 nitrogen and oxygen atoms in total. The number of hydrogen-bond acceptors (Lipinski definition) is 3. The molecule has 4 heteroatoms. The second-order valence-electron chi connectivity index (χ2n) is 3.53. The van der Waals surface area contributed by atoms with Gasteiger partial charge in [-0.25, -0.2) is 4.98 Å². The lowest BCUT2D eigenvalue weighted by molar-refractivity contribution is 0.832. The van der Waals surface area contributed by atoms with E-state index < -0.39 is 0 Å². The van der Waals surface area contributed by atoms with Crippen LogP contribution in [0.2, 0.25) is 0 Å². The van der Waals surface area contributed by atoms with Gasteiger partial charge in [0.25, 0.3) is 0 Å². The lowest BCUT2D eigenvalue weighted by atomic mass is 10.1. The van der Waals surface area contributed by atoms with Crippen LogP contribution in [-0.4, -0.2) is 4.98 Å². The highest BCUT2D eigenvalue weighted by Gasteiger charge is 2.24. The Morgan fingerprint density at radius 3 is 2.77 bits per heavy atom. The Morgan fingerprint density at radius 1 is 1.46 bits per heavy atom. The Labute approximate surface area is 91.0 Å². The first-order chi connectivity index (χ1) is 6.18. The average Bonchev–Trinajstić information content (AvgIpc) is 2.89. The van der Waals surface area contributed by atoms with Crippen molar-refractivity contribution in [3.8, 4) is 0 Å². The number of nitrogens with two attached hydrogens (primary N) is 2. The van der Waals surface area contributed by atoms with E-state index in [0.717, 1.165) is 27.2 Å². The lowest BCUT2D eigenvalue weighted by Gasteiger charge is -2.08. The molecular weight excluding hydrogens is 277 g/mol. The van der Waals surface area contributed by atoms with Crippen LogP contribution < -0.4 is 11.5 Å². The maximum atomic E-state index is 5.93. The summed E-state index contributed by atoms with van der Waals surface area (Å²) < 4.78 is 1.00. The average molecular weight is 289 g/mol. The van der Waals surface area contributed by atoms with Crippen molar-refractivity contribution in [3.05, 3.63) is 15.3 Å². The molecule has 0 radical (unpaired) electrons. The largest absolute Gasteiger partial charge is 0.397 e. The minimum absolute atomic E-state index is 0.602. The number of nitrogens with zero attached hydrogens (tertiary/aromatic N) is 1. The van der Waals surface area contributed by atoms with Crippen molar-refractivity contribution in [2.75, 3.05) is 11.5 Å². The van der Waals surface area contributed by atoms with Crippen LogP contribution in [0.1, 0.15) is 18.4 Å². The van der Waals surface area contributed by atoms with E-state index in [9.17, 15) is 0 Å².